The van der Waals surface area contributed by atoms with Crippen LogP contribution in [0.2, 0.25) is 0 Å². The third-order valence-corrected chi connectivity index (χ3v) is 6.97. The van der Waals surface area contributed by atoms with Gasteiger partial charge in [-0.2, -0.15) is 0 Å². The molecular weight excluding hydrogens is 260 g/mol. The SMILES string of the molecule is C#CC(C)O[Si](C=C)(c1ccccc1)c1ccccc1. The van der Waals surface area contributed by atoms with E-state index in [1.807, 2.05) is 49.0 Å². The van der Waals surface area contributed by atoms with Crippen LogP contribution in [0.15, 0.2) is 72.9 Å². The van der Waals surface area contributed by atoms with Gasteiger partial charge in [-0.05, 0) is 17.3 Å². The second-order valence-electron chi connectivity index (χ2n) is 4.60. The third-order valence-electron chi connectivity index (χ3n) is 3.29. The van der Waals surface area contributed by atoms with Gasteiger partial charge in [0.05, 0.1) is 0 Å². The van der Waals surface area contributed by atoms with Crippen LogP contribution >= 0.6 is 0 Å². The molecule has 0 amide bonds. The molecule has 0 radical (unpaired) electrons. The van der Waals surface area contributed by atoms with Gasteiger partial charge in [-0.25, -0.2) is 0 Å². The Morgan fingerprint density at radius 2 is 1.50 bits per heavy atom. The summed E-state index contributed by atoms with van der Waals surface area (Å²) in [6.45, 7) is 5.94. The van der Waals surface area contributed by atoms with E-state index in [2.05, 4.69) is 36.8 Å². The minimum atomic E-state index is -2.48. The zero-order valence-corrected chi connectivity index (χ0v) is 12.6. The minimum absolute atomic E-state index is 0.250. The van der Waals surface area contributed by atoms with Gasteiger partial charge < -0.3 is 4.43 Å². The highest BCUT2D eigenvalue weighted by Crippen LogP contribution is 2.11. The molecule has 0 aliphatic carbocycles. The summed E-state index contributed by atoms with van der Waals surface area (Å²) in [7, 11) is -2.48. The molecular formula is C18H18OSi. The first kappa shape index (κ1) is 14.3. The summed E-state index contributed by atoms with van der Waals surface area (Å²) in [6.07, 6.45) is 5.25. The maximum atomic E-state index is 6.29. The van der Waals surface area contributed by atoms with Gasteiger partial charge in [0, 0.05) is 0 Å². The van der Waals surface area contributed by atoms with E-state index < -0.39 is 8.32 Å². The van der Waals surface area contributed by atoms with Gasteiger partial charge in [-0.15, -0.1) is 13.0 Å². The van der Waals surface area contributed by atoms with Gasteiger partial charge in [0.25, 0.3) is 8.32 Å². The van der Waals surface area contributed by atoms with E-state index in [1.54, 1.807) is 0 Å². The van der Waals surface area contributed by atoms with Gasteiger partial charge in [-0.3, -0.25) is 0 Å². The summed E-state index contributed by atoms with van der Waals surface area (Å²) in [5, 5.41) is 2.31. The second kappa shape index (κ2) is 6.38. The smallest absolute Gasteiger partial charge is 0.281 e. The first-order valence-electron chi connectivity index (χ1n) is 6.61. The largest absolute Gasteiger partial charge is 0.391 e. The van der Waals surface area contributed by atoms with Crippen molar-refractivity contribution >= 4 is 18.7 Å². The van der Waals surface area contributed by atoms with Gasteiger partial charge in [-0.1, -0.05) is 72.3 Å². The molecule has 2 aromatic rings. The van der Waals surface area contributed by atoms with Crippen molar-refractivity contribution in [2.75, 3.05) is 0 Å². The second-order valence-corrected chi connectivity index (χ2v) is 7.87. The number of terminal acetylenes is 1. The van der Waals surface area contributed by atoms with Crippen LogP contribution in [0.4, 0.5) is 0 Å². The molecule has 0 bridgehead atoms. The molecule has 0 saturated carbocycles. The van der Waals surface area contributed by atoms with E-state index >= 15 is 0 Å². The van der Waals surface area contributed by atoms with Crippen molar-refractivity contribution in [2.24, 2.45) is 0 Å². The molecule has 1 nitrogen and oxygen atoms in total. The summed E-state index contributed by atoms with van der Waals surface area (Å²) in [6, 6.07) is 20.4. The van der Waals surface area contributed by atoms with Crippen LogP contribution in [0.25, 0.3) is 0 Å². The summed E-state index contributed by atoms with van der Waals surface area (Å²) in [5.41, 5.74) is 1.95. The van der Waals surface area contributed by atoms with Crippen LogP contribution in [0.3, 0.4) is 0 Å². The molecule has 0 spiro atoms. The Hall–Kier alpha value is -2.08. The Kier molecular flexibility index (Phi) is 4.57. The van der Waals surface area contributed by atoms with E-state index in [4.69, 9.17) is 10.8 Å². The van der Waals surface area contributed by atoms with Crippen molar-refractivity contribution < 1.29 is 4.43 Å². The molecule has 0 fully saturated rings. The molecule has 1 unspecified atom stereocenters. The van der Waals surface area contributed by atoms with Gasteiger partial charge in [0.1, 0.15) is 6.10 Å². The summed E-state index contributed by atoms with van der Waals surface area (Å²) in [5.74, 6) is 2.66. The van der Waals surface area contributed by atoms with Crippen molar-refractivity contribution in [2.45, 2.75) is 13.0 Å². The molecule has 0 N–H and O–H groups in total. The zero-order valence-electron chi connectivity index (χ0n) is 11.6. The lowest BCUT2D eigenvalue weighted by Crippen LogP contribution is -2.60. The van der Waals surface area contributed by atoms with Crippen LogP contribution in [-0.4, -0.2) is 14.4 Å². The summed E-state index contributed by atoms with van der Waals surface area (Å²) < 4.78 is 6.29. The number of hydrogen-bond acceptors (Lipinski definition) is 1. The van der Waals surface area contributed by atoms with E-state index in [0.717, 1.165) is 10.4 Å². The van der Waals surface area contributed by atoms with Crippen molar-refractivity contribution in [3.63, 3.8) is 0 Å². The van der Waals surface area contributed by atoms with Gasteiger partial charge >= 0.3 is 0 Å². The molecule has 2 heteroatoms. The van der Waals surface area contributed by atoms with Crippen LogP contribution in [0.1, 0.15) is 6.92 Å². The molecule has 0 heterocycles. The molecule has 0 aliphatic heterocycles. The van der Waals surface area contributed by atoms with Crippen LogP contribution in [0, 0.1) is 12.3 Å². The monoisotopic (exact) mass is 278 g/mol. The Balaban J connectivity index is 2.59. The Bertz CT molecular complexity index is 559. The highest BCUT2D eigenvalue weighted by atomic mass is 28.4. The Labute approximate surface area is 122 Å². The molecule has 0 aliphatic rings. The molecule has 0 aromatic heterocycles. The molecule has 20 heavy (non-hydrogen) atoms. The predicted octanol–water partition coefficient (Wildman–Crippen LogP) is 2.51. The van der Waals surface area contributed by atoms with Gasteiger partial charge in [0.15, 0.2) is 0 Å². The quantitative estimate of drug-likeness (QED) is 0.603. The van der Waals surface area contributed by atoms with Crippen LogP contribution in [-0.2, 0) is 4.43 Å². The summed E-state index contributed by atoms with van der Waals surface area (Å²) in [4.78, 5) is 0. The third kappa shape index (κ3) is 2.75. The van der Waals surface area contributed by atoms with Crippen molar-refractivity contribution in [3.05, 3.63) is 72.9 Å². The zero-order chi connectivity index (χ0) is 14.4. The lowest BCUT2D eigenvalue weighted by molar-refractivity contribution is 0.282. The molecule has 100 valence electrons. The highest BCUT2D eigenvalue weighted by molar-refractivity contribution is 7.01. The van der Waals surface area contributed by atoms with Crippen LogP contribution < -0.4 is 10.4 Å². The maximum absolute atomic E-state index is 6.29. The standard InChI is InChI=1S/C18H18OSi/c1-4-16(3)19-20(5-2,17-12-8-6-9-13-17)18-14-10-7-11-15-18/h1,5-16H,2H2,3H3. The van der Waals surface area contributed by atoms with Crippen molar-refractivity contribution in [3.8, 4) is 12.3 Å². The van der Waals surface area contributed by atoms with E-state index in [9.17, 15) is 0 Å². The number of rotatable bonds is 5. The molecule has 1 atom stereocenters. The molecule has 2 rings (SSSR count). The van der Waals surface area contributed by atoms with E-state index in [1.165, 1.54) is 0 Å². The highest BCUT2D eigenvalue weighted by Gasteiger charge is 2.37. The molecule has 2 aromatic carbocycles. The average Bonchev–Trinajstić information content (AvgIpc) is 2.54. The Morgan fingerprint density at radius 1 is 1.05 bits per heavy atom. The average molecular weight is 278 g/mol. The van der Waals surface area contributed by atoms with E-state index in [-0.39, 0.29) is 6.10 Å². The lowest BCUT2D eigenvalue weighted by atomic mass is 10.4. The topological polar surface area (TPSA) is 9.23 Å². The Morgan fingerprint density at radius 3 is 1.85 bits per heavy atom. The van der Waals surface area contributed by atoms with Crippen LogP contribution in [0.5, 0.6) is 0 Å². The fourth-order valence-electron chi connectivity index (χ4n) is 2.27. The fourth-order valence-corrected chi connectivity index (χ4v) is 5.45. The number of benzene rings is 2. The fraction of sp³-hybridized carbons (Fsp3) is 0.111. The molecule has 0 saturated heterocycles. The lowest BCUT2D eigenvalue weighted by Gasteiger charge is -2.30. The minimum Gasteiger partial charge on any atom is -0.391 e. The maximum Gasteiger partial charge on any atom is 0.281 e. The first-order valence-corrected chi connectivity index (χ1v) is 8.60. The first-order chi connectivity index (χ1) is 9.73. The van der Waals surface area contributed by atoms with E-state index in [0.29, 0.717) is 0 Å². The van der Waals surface area contributed by atoms with Crippen molar-refractivity contribution in [1.29, 1.82) is 0 Å². The van der Waals surface area contributed by atoms with Crippen molar-refractivity contribution in [1.82, 2.24) is 0 Å². The predicted molar refractivity (Wildman–Crippen MR) is 87.5 cm³/mol. The number of hydrogen-bond donors (Lipinski definition) is 0. The normalized spacial score (nSPS) is 12.4. The van der Waals surface area contributed by atoms with Gasteiger partial charge in [0.2, 0.25) is 0 Å². The summed E-state index contributed by atoms with van der Waals surface area (Å²) >= 11 is 0.